The topological polar surface area (TPSA) is 25.8 Å². The van der Waals surface area contributed by atoms with E-state index in [0.29, 0.717) is 3.91 Å². The van der Waals surface area contributed by atoms with Crippen LogP contribution in [0.1, 0.15) is 11.1 Å². The lowest BCUT2D eigenvalue weighted by molar-refractivity contribution is 0.979. The van der Waals surface area contributed by atoms with E-state index >= 15 is 0 Å². The molecule has 88 valence electrons. The Kier molecular flexibility index (Phi) is 3.00. The van der Waals surface area contributed by atoms with Crippen molar-refractivity contribution in [1.29, 1.82) is 0 Å². The zero-order chi connectivity index (χ0) is 12.0. The zero-order valence-electron chi connectivity index (χ0n) is 9.85. The minimum absolute atomic E-state index is 0.504. The second-order valence-electron chi connectivity index (χ2n) is 4.02. The summed E-state index contributed by atoms with van der Waals surface area (Å²) in [7, 11) is 0. The maximum atomic E-state index is 4.72. The van der Waals surface area contributed by atoms with Gasteiger partial charge in [0.1, 0.15) is 14.0 Å². The van der Waals surface area contributed by atoms with E-state index in [1.54, 1.807) is 0 Å². The van der Waals surface area contributed by atoms with Crippen molar-refractivity contribution in [2.45, 2.75) is 27.8 Å². The molecule has 3 rings (SSSR count). The molecule has 0 saturated carbocycles. The lowest BCUT2D eigenvalue weighted by Gasteiger charge is -2.04. The van der Waals surface area contributed by atoms with E-state index in [2.05, 4.69) is 32.2 Å². The van der Waals surface area contributed by atoms with Crippen molar-refractivity contribution in [3.63, 3.8) is 0 Å². The van der Waals surface area contributed by atoms with Gasteiger partial charge in [-0.15, -0.1) is 11.8 Å². The minimum Gasteiger partial charge on any atom is -0.237 e. The normalized spacial score (nSPS) is 15.5. The summed E-state index contributed by atoms with van der Waals surface area (Å²) in [6.45, 7) is 4.24. The third-order valence-electron chi connectivity index (χ3n) is 2.83. The van der Waals surface area contributed by atoms with Crippen molar-refractivity contribution in [3.8, 4) is 0 Å². The van der Waals surface area contributed by atoms with E-state index in [0.717, 1.165) is 21.1 Å². The summed E-state index contributed by atoms with van der Waals surface area (Å²) < 4.78 is 0.504. The molecule has 5 heteroatoms. The maximum absolute atomic E-state index is 4.72. The van der Waals surface area contributed by atoms with Crippen LogP contribution in [0.2, 0.25) is 0 Å². The Balaban J connectivity index is 2.16. The highest BCUT2D eigenvalue weighted by Crippen LogP contribution is 2.50. The molecule has 1 aliphatic heterocycles. The molecule has 0 atom stereocenters. The first-order valence-electron chi connectivity index (χ1n) is 5.32. The molecule has 1 aliphatic rings. The Morgan fingerprint density at radius 1 is 1.00 bits per heavy atom. The molecule has 0 bridgehead atoms. The van der Waals surface area contributed by atoms with Gasteiger partial charge in [-0.1, -0.05) is 23.5 Å². The summed E-state index contributed by atoms with van der Waals surface area (Å²) in [6, 6.07) is 4.27. The smallest absolute Gasteiger partial charge is 0.131 e. The van der Waals surface area contributed by atoms with Gasteiger partial charge in [0.15, 0.2) is 0 Å². The van der Waals surface area contributed by atoms with E-state index in [9.17, 15) is 0 Å². The third kappa shape index (κ3) is 2.04. The number of hydrogen-bond acceptors (Lipinski definition) is 5. The predicted octanol–water partition coefficient (Wildman–Crippen LogP) is 4.09. The molecular weight excluding hydrogens is 268 g/mol. The maximum Gasteiger partial charge on any atom is 0.131 e. The van der Waals surface area contributed by atoms with Gasteiger partial charge in [0.05, 0.1) is 11.0 Å². The Bertz CT molecular complexity index is 547. The minimum atomic E-state index is 0.504. The van der Waals surface area contributed by atoms with Gasteiger partial charge in [-0.2, -0.15) is 0 Å². The van der Waals surface area contributed by atoms with E-state index < -0.39 is 0 Å². The van der Waals surface area contributed by atoms with Crippen LogP contribution in [0.3, 0.4) is 0 Å². The first kappa shape index (κ1) is 11.7. The molecule has 0 fully saturated rings. The molecule has 0 N–H and O–H groups in total. The number of benzene rings is 1. The zero-order valence-corrected chi connectivity index (χ0v) is 12.3. The van der Waals surface area contributed by atoms with Crippen LogP contribution >= 0.6 is 35.3 Å². The van der Waals surface area contributed by atoms with Crippen molar-refractivity contribution in [3.05, 3.63) is 23.3 Å². The number of aromatic nitrogens is 2. The van der Waals surface area contributed by atoms with E-state index in [4.69, 9.17) is 9.97 Å². The number of hydrogen-bond donors (Lipinski definition) is 0. The molecule has 2 aromatic rings. The average Bonchev–Trinajstić information content (AvgIpc) is 2.70. The summed E-state index contributed by atoms with van der Waals surface area (Å²) >= 11 is 5.47. The Morgan fingerprint density at radius 3 is 1.88 bits per heavy atom. The largest absolute Gasteiger partial charge is 0.237 e. The summed E-state index contributed by atoms with van der Waals surface area (Å²) in [5.74, 6) is 0. The molecule has 0 unspecified atom stereocenters. The van der Waals surface area contributed by atoms with Crippen molar-refractivity contribution >= 4 is 46.3 Å². The highest BCUT2D eigenvalue weighted by molar-refractivity contribution is 8.33. The van der Waals surface area contributed by atoms with Crippen LogP contribution in [0.25, 0.3) is 11.0 Å². The number of nitrogens with zero attached hydrogens (tertiary/aromatic N) is 2. The number of thioether (sulfide) groups is 3. The van der Waals surface area contributed by atoms with Crippen LogP contribution in [0.4, 0.5) is 0 Å². The molecule has 2 heterocycles. The van der Waals surface area contributed by atoms with Crippen LogP contribution < -0.4 is 0 Å². The third-order valence-corrected chi connectivity index (χ3v) is 7.05. The Labute approximate surface area is 113 Å². The Hall–Kier alpha value is -0.390. The molecule has 1 aromatic heterocycles. The first-order valence-corrected chi connectivity index (χ1v) is 8.37. The lowest BCUT2D eigenvalue weighted by atomic mass is 10.1. The van der Waals surface area contributed by atoms with E-state index in [-0.39, 0.29) is 0 Å². The second kappa shape index (κ2) is 4.37. The summed E-state index contributed by atoms with van der Waals surface area (Å²) in [5, 5.41) is 2.18. The van der Waals surface area contributed by atoms with Crippen molar-refractivity contribution in [1.82, 2.24) is 9.97 Å². The van der Waals surface area contributed by atoms with Gasteiger partial charge >= 0.3 is 0 Å². The molecule has 0 saturated heterocycles. The molecule has 0 aliphatic carbocycles. The lowest BCUT2D eigenvalue weighted by Crippen LogP contribution is -1.90. The fourth-order valence-electron chi connectivity index (χ4n) is 1.74. The fourth-order valence-corrected chi connectivity index (χ4v) is 5.04. The van der Waals surface area contributed by atoms with Crippen LogP contribution in [-0.4, -0.2) is 20.1 Å². The molecule has 1 aromatic carbocycles. The number of rotatable bonds is 1. The molecule has 17 heavy (non-hydrogen) atoms. The predicted molar refractivity (Wildman–Crippen MR) is 78.0 cm³/mol. The summed E-state index contributed by atoms with van der Waals surface area (Å²) in [5.41, 5.74) is 4.59. The van der Waals surface area contributed by atoms with Crippen LogP contribution in [0.15, 0.2) is 22.2 Å². The van der Waals surface area contributed by atoms with Crippen molar-refractivity contribution < 1.29 is 0 Å². The molecule has 2 nitrogen and oxygen atoms in total. The van der Waals surface area contributed by atoms with E-state index in [1.807, 2.05) is 35.3 Å². The van der Waals surface area contributed by atoms with Gasteiger partial charge in [0.2, 0.25) is 0 Å². The van der Waals surface area contributed by atoms with Crippen molar-refractivity contribution in [2.24, 2.45) is 0 Å². The van der Waals surface area contributed by atoms with Gasteiger partial charge in [0.25, 0.3) is 0 Å². The van der Waals surface area contributed by atoms with Crippen LogP contribution in [-0.2, 0) is 0 Å². The van der Waals surface area contributed by atoms with E-state index in [1.165, 1.54) is 11.1 Å². The molecule has 0 amide bonds. The van der Waals surface area contributed by atoms with Gasteiger partial charge in [0, 0.05) is 0 Å². The van der Waals surface area contributed by atoms with Crippen molar-refractivity contribution in [2.75, 3.05) is 6.26 Å². The molecular formula is C12H12N2S3. The standard InChI is InChI=1S/C12H12N2S3/c1-6-4-8-9(5-7(6)2)14-11-10(13-8)16-12(15-3)17-11/h4-5,12H,1-3H3. The highest BCUT2D eigenvalue weighted by atomic mass is 32.3. The van der Waals surface area contributed by atoms with Gasteiger partial charge in [-0.3, -0.25) is 0 Å². The van der Waals surface area contributed by atoms with Gasteiger partial charge in [-0.05, 0) is 43.4 Å². The number of fused-ring (bicyclic) bond motifs is 2. The molecule has 0 spiro atoms. The molecule has 0 radical (unpaired) electrons. The van der Waals surface area contributed by atoms with Crippen LogP contribution in [0, 0.1) is 13.8 Å². The summed E-state index contributed by atoms with van der Waals surface area (Å²) in [6.07, 6.45) is 2.13. The quantitative estimate of drug-likeness (QED) is 0.783. The highest BCUT2D eigenvalue weighted by Gasteiger charge is 2.25. The van der Waals surface area contributed by atoms with Gasteiger partial charge in [-0.25, -0.2) is 9.97 Å². The average molecular weight is 280 g/mol. The summed E-state index contributed by atoms with van der Waals surface area (Å²) in [4.78, 5) is 9.44. The Morgan fingerprint density at radius 2 is 1.47 bits per heavy atom. The monoisotopic (exact) mass is 280 g/mol. The van der Waals surface area contributed by atoms with Crippen LogP contribution in [0.5, 0.6) is 0 Å². The number of aryl methyl sites for hydroxylation is 2. The van der Waals surface area contributed by atoms with Gasteiger partial charge < -0.3 is 0 Å². The SMILES string of the molecule is CSC1Sc2nc3cc(C)c(C)cc3nc2S1. The second-order valence-corrected chi connectivity index (χ2v) is 8.04. The first-order chi connectivity index (χ1) is 8.17. The fraction of sp³-hybridized carbons (Fsp3) is 0.333.